The molecule has 0 aliphatic heterocycles. The molecule has 1 amide bonds. The van der Waals surface area contributed by atoms with E-state index in [1.807, 2.05) is 0 Å². The van der Waals surface area contributed by atoms with Crippen LogP contribution in [-0.2, 0) is 6.54 Å². The van der Waals surface area contributed by atoms with E-state index >= 15 is 0 Å². The average Bonchev–Trinajstić information content (AvgIpc) is 2.80. The van der Waals surface area contributed by atoms with Crippen molar-refractivity contribution in [2.45, 2.75) is 46.2 Å². The summed E-state index contributed by atoms with van der Waals surface area (Å²) in [7, 11) is 0. The van der Waals surface area contributed by atoms with E-state index in [-0.39, 0.29) is 12.5 Å². The first-order valence-corrected chi connectivity index (χ1v) is 7.02. The highest BCUT2D eigenvalue weighted by atomic mass is 16.3. The van der Waals surface area contributed by atoms with Gasteiger partial charge in [0.15, 0.2) is 0 Å². The van der Waals surface area contributed by atoms with E-state index in [1.165, 1.54) is 0 Å². The minimum absolute atomic E-state index is 0.104. The molecule has 4 N–H and O–H groups in total. The number of nitrogen functional groups attached to an aromatic ring is 1. The summed E-state index contributed by atoms with van der Waals surface area (Å²) in [5.41, 5.74) is 2.56. The number of nitrogens with one attached hydrogen (secondary N) is 1. The van der Waals surface area contributed by atoms with Crippen molar-refractivity contribution in [2.75, 3.05) is 13.2 Å². The summed E-state index contributed by atoms with van der Waals surface area (Å²) in [5.74, 6) is 6.05. The molecule has 0 aromatic carbocycles. The first kappa shape index (κ1) is 16.7. The first-order chi connectivity index (χ1) is 9.57. The molecular weight excluding hydrogens is 258 g/mol. The number of carbonyl (C=O) groups is 1. The van der Waals surface area contributed by atoms with E-state index in [0.29, 0.717) is 36.2 Å². The van der Waals surface area contributed by atoms with Gasteiger partial charge in [0.05, 0.1) is 18.7 Å². The highest BCUT2D eigenvalue weighted by Crippen LogP contribution is 2.19. The summed E-state index contributed by atoms with van der Waals surface area (Å²) >= 11 is 0. The molecule has 1 aromatic heterocycles. The predicted octanol–water partition coefficient (Wildman–Crippen LogP) is 1.17. The second-order valence-electron chi connectivity index (χ2n) is 4.82. The second kappa shape index (κ2) is 8.04. The molecule has 0 spiro atoms. The van der Waals surface area contributed by atoms with Gasteiger partial charge in [0.2, 0.25) is 0 Å². The third-order valence-corrected chi connectivity index (χ3v) is 3.55. The number of carbonyl (C=O) groups excluding carboxylic acids is 1. The van der Waals surface area contributed by atoms with Gasteiger partial charge < -0.3 is 9.52 Å². The van der Waals surface area contributed by atoms with Crippen LogP contribution in [0.5, 0.6) is 0 Å². The van der Waals surface area contributed by atoms with E-state index in [4.69, 9.17) is 10.3 Å². The van der Waals surface area contributed by atoms with Crippen LogP contribution in [0.2, 0.25) is 0 Å². The number of hydrogen-bond donors (Lipinski definition) is 3. The zero-order chi connectivity index (χ0) is 15.1. The number of aryl methyl sites for hydroxylation is 1. The van der Waals surface area contributed by atoms with Crippen molar-refractivity contribution >= 4 is 5.91 Å². The van der Waals surface area contributed by atoms with Crippen LogP contribution in [0, 0.1) is 6.92 Å². The van der Waals surface area contributed by atoms with Crippen LogP contribution in [0.25, 0.3) is 0 Å². The van der Waals surface area contributed by atoms with Gasteiger partial charge in [-0.1, -0.05) is 13.8 Å². The Hall–Kier alpha value is -1.37. The molecule has 0 aliphatic rings. The molecule has 0 radical (unpaired) electrons. The Balaban J connectivity index is 2.86. The molecule has 0 fully saturated rings. The first-order valence-electron chi connectivity index (χ1n) is 7.02. The van der Waals surface area contributed by atoms with Gasteiger partial charge in [-0.15, -0.1) is 0 Å². The van der Waals surface area contributed by atoms with E-state index in [2.05, 4.69) is 24.2 Å². The second-order valence-corrected chi connectivity index (χ2v) is 4.82. The molecule has 0 saturated carbocycles. The maximum atomic E-state index is 11.6. The van der Waals surface area contributed by atoms with Gasteiger partial charge >= 0.3 is 0 Å². The maximum Gasteiger partial charge on any atom is 0.268 e. The molecule has 0 unspecified atom stereocenters. The van der Waals surface area contributed by atoms with Gasteiger partial charge in [0.25, 0.3) is 5.91 Å². The quantitative estimate of drug-likeness (QED) is 0.378. The summed E-state index contributed by atoms with van der Waals surface area (Å²) in [6.45, 7) is 7.25. The van der Waals surface area contributed by atoms with Crippen LogP contribution in [0.3, 0.4) is 0 Å². The SMILES string of the molecule is CCC(CC)N(CCO)Cc1cc(C(=O)NN)c(C)o1. The van der Waals surface area contributed by atoms with E-state index in [0.717, 1.165) is 12.8 Å². The summed E-state index contributed by atoms with van der Waals surface area (Å²) in [6.07, 6.45) is 2.01. The number of aliphatic hydroxyl groups is 1. The number of nitrogens with two attached hydrogens (primary N) is 1. The number of hydrogen-bond acceptors (Lipinski definition) is 5. The normalized spacial score (nSPS) is 11.3. The number of aliphatic hydroxyl groups excluding tert-OH is 1. The number of rotatable bonds is 8. The van der Waals surface area contributed by atoms with E-state index in [9.17, 15) is 9.90 Å². The highest BCUT2D eigenvalue weighted by Gasteiger charge is 2.19. The van der Waals surface area contributed by atoms with Crippen LogP contribution in [0.4, 0.5) is 0 Å². The molecule has 1 heterocycles. The zero-order valence-corrected chi connectivity index (χ0v) is 12.5. The van der Waals surface area contributed by atoms with Gasteiger partial charge in [-0.3, -0.25) is 15.1 Å². The Morgan fingerprint density at radius 3 is 2.65 bits per heavy atom. The molecule has 114 valence electrons. The number of furan rings is 1. The molecule has 1 aromatic rings. The molecule has 1 rings (SSSR count). The fourth-order valence-corrected chi connectivity index (χ4v) is 2.45. The van der Waals surface area contributed by atoms with Crippen molar-refractivity contribution in [3.05, 3.63) is 23.2 Å². The molecule has 0 saturated heterocycles. The Kier molecular flexibility index (Phi) is 6.70. The van der Waals surface area contributed by atoms with Crippen LogP contribution in [0.15, 0.2) is 10.5 Å². The number of hydrazine groups is 1. The van der Waals surface area contributed by atoms with Crippen molar-refractivity contribution < 1.29 is 14.3 Å². The van der Waals surface area contributed by atoms with Crippen molar-refractivity contribution in [3.63, 3.8) is 0 Å². The standard InChI is InChI=1S/C14H25N3O3/c1-4-11(5-2)17(6-7-18)9-12-8-13(10(3)20-12)14(19)16-15/h8,11,18H,4-7,9,15H2,1-3H3,(H,16,19). The van der Waals surface area contributed by atoms with Gasteiger partial charge in [-0.25, -0.2) is 5.84 Å². The summed E-state index contributed by atoms with van der Waals surface area (Å²) in [5, 5.41) is 9.19. The topological polar surface area (TPSA) is 91.7 Å². The lowest BCUT2D eigenvalue weighted by molar-refractivity contribution is 0.0952. The monoisotopic (exact) mass is 283 g/mol. The molecule has 6 nitrogen and oxygen atoms in total. The molecule has 0 bridgehead atoms. The van der Waals surface area contributed by atoms with Gasteiger partial charge in [0, 0.05) is 12.6 Å². The minimum Gasteiger partial charge on any atom is -0.464 e. The summed E-state index contributed by atoms with van der Waals surface area (Å²) in [6, 6.07) is 2.10. The largest absolute Gasteiger partial charge is 0.464 e. The molecule has 0 aliphatic carbocycles. The van der Waals surface area contributed by atoms with Gasteiger partial charge in [0.1, 0.15) is 11.5 Å². The van der Waals surface area contributed by atoms with E-state index < -0.39 is 0 Å². The van der Waals surface area contributed by atoms with Gasteiger partial charge in [-0.05, 0) is 25.8 Å². The number of nitrogens with zero attached hydrogens (tertiary/aromatic N) is 1. The fourth-order valence-electron chi connectivity index (χ4n) is 2.45. The fraction of sp³-hybridized carbons (Fsp3) is 0.643. The van der Waals surface area contributed by atoms with Crippen molar-refractivity contribution in [1.82, 2.24) is 10.3 Å². The van der Waals surface area contributed by atoms with Crippen LogP contribution >= 0.6 is 0 Å². The Morgan fingerprint density at radius 2 is 2.15 bits per heavy atom. The zero-order valence-electron chi connectivity index (χ0n) is 12.5. The van der Waals surface area contributed by atoms with Crippen molar-refractivity contribution in [3.8, 4) is 0 Å². The Bertz CT molecular complexity index is 427. The lowest BCUT2D eigenvalue weighted by atomic mass is 10.1. The summed E-state index contributed by atoms with van der Waals surface area (Å²) in [4.78, 5) is 13.7. The van der Waals surface area contributed by atoms with Gasteiger partial charge in [-0.2, -0.15) is 0 Å². The minimum atomic E-state index is -0.353. The van der Waals surface area contributed by atoms with Crippen LogP contribution in [-0.4, -0.2) is 35.1 Å². The third-order valence-electron chi connectivity index (χ3n) is 3.55. The molecule has 6 heteroatoms. The lowest BCUT2D eigenvalue weighted by Crippen LogP contribution is -2.36. The average molecular weight is 283 g/mol. The van der Waals surface area contributed by atoms with Crippen molar-refractivity contribution in [1.29, 1.82) is 0 Å². The molecule has 20 heavy (non-hydrogen) atoms. The Morgan fingerprint density at radius 1 is 1.50 bits per heavy atom. The molecule has 0 atom stereocenters. The Labute approximate surface area is 119 Å². The highest BCUT2D eigenvalue weighted by molar-refractivity contribution is 5.94. The number of amides is 1. The van der Waals surface area contributed by atoms with E-state index in [1.54, 1.807) is 13.0 Å². The van der Waals surface area contributed by atoms with Crippen molar-refractivity contribution in [2.24, 2.45) is 5.84 Å². The maximum absolute atomic E-state index is 11.6. The predicted molar refractivity (Wildman–Crippen MR) is 77.0 cm³/mol. The lowest BCUT2D eigenvalue weighted by Gasteiger charge is -2.28. The van der Waals surface area contributed by atoms with Crippen LogP contribution in [0.1, 0.15) is 48.6 Å². The summed E-state index contributed by atoms with van der Waals surface area (Å²) < 4.78 is 5.61. The molecular formula is C14H25N3O3. The third kappa shape index (κ3) is 4.06. The smallest absolute Gasteiger partial charge is 0.268 e. The van der Waals surface area contributed by atoms with Crippen LogP contribution < -0.4 is 11.3 Å².